The number of phenols is 1. The van der Waals surface area contributed by atoms with Gasteiger partial charge in [0.25, 0.3) is 0 Å². The maximum Gasteiger partial charge on any atom is 0.165 e. The van der Waals surface area contributed by atoms with E-state index in [1.807, 2.05) is 54.6 Å². The van der Waals surface area contributed by atoms with Crippen LogP contribution in [0.1, 0.15) is 28.4 Å². The molecule has 0 amide bonds. The van der Waals surface area contributed by atoms with Gasteiger partial charge in [-0.25, -0.2) is 0 Å². The van der Waals surface area contributed by atoms with Crippen molar-refractivity contribution in [3.8, 4) is 5.75 Å². The number of nitrogens with two attached hydrogens (primary N) is 1. The van der Waals surface area contributed by atoms with Gasteiger partial charge in [0, 0.05) is 23.4 Å². The van der Waals surface area contributed by atoms with E-state index >= 15 is 0 Å². The number of nitrogen functional groups attached to an aromatic ring is 1. The summed E-state index contributed by atoms with van der Waals surface area (Å²) in [5, 5.41) is 12.8. The SMILES string of the molecule is Nc1ccc(NC(CC(=O)c2ccc(O)cc2)c2ccccc2)cc1. The fraction of sp³-hybridized carbons (Fsp3) is 0.0952. The molecule has 1 atom stereocenters. The lowest BCUT2D eigenvalue weighted by molar-refractivity contribution is 0.0976. The smallest absolute Gasteiger partial charge is 0.165 e. The average Bonchev–Trinajstić information content (AvgIpc) is 2.64. The summed E-state index contributed by atoms with van der Waals surface area (Å²) in [4.78, 5) is 12.6. The van der Waals surface area contributed by atoms with Crippen LogP contribution in [0.25, 0.3) is 0 Å². The summed E-state index contributed by atoms with van der Waals surface area (Å²) in [5.74, 6) is 0.160. The van der Waals surface area contributed by atoms with Crippen LogP contribution in [0.15, 0.2) is 78.9 Å². The van der Waals surface area contributed by atoms with E-state index in [-0.39, 0.29) is 17.6 Å². The molecule has 1 unspecified atom stereocenters. The van der Waals surface area contributed by atoms with Crippen LogP contribution in [0.4, 0.5) is 11.4 Å². The van der Waals surface area contributed by atoms with Crippen LogP contribution in [0.2, 0.25) is 0 Å². The molecule has 0 spiro atoms. The second-order valence-electron chi connectivity index (χ2n) is 5.90. The molecule has 4 nitrogen and oxygen atoms in total. The van der Waals surface area contributed by atoms with Crippen molar-refractivity contribution < 1.29 is 9.90 Å². The van der Waals surface area contributed by atoms with Crippen LogP contribution in [0.3, 0.4) is 0 Å². The fourth-order valence-electron chi connectivity index (χ4n) is 2.67. The number of carbonyl (C=O) groups is 1. The lowest BCUT2D eigenvalue weighted by atomic mass is 9.97. The number of phenolic OH excluding ortho intramolecular Hbond substituents is 1. The van der Waals surface area contributed by atoms with Crippen LogP contribution in [0, 0.1) is 0 Å². The Morgan fingerprint density at radius 3 is 2.20 bits per heavy atom. The number of aromatic hydroxyl groups is 1. The fourth-order valence-corrected chi connectivity index (χ4v) is 2.67. The first-order valence-electron chi connectivity index (χ1n) is 8.11. The Bertz CT molecular complexity index is 828. The topological polar surface area (TPSA) is 75.3 Å². The van der Waals surface area contributed by atoms with E-state index < -0.39 is 0 Å². The number of ketones is 1. The van der Waals surface area contributed by atoms with Crippen LogP contribution < -0.4 is 11.1 Å². The number of anilines is 2. The molecule has 0 heterocycles. The van der Waals surface area contributed by atoms with Crippen molar-refractivity contribution in [3.05, 3.63) is 90.0 Å². The molecular weight excluding hydrogens is 312 g/mol. The predicted octanol–water partition coefficient (Wildman–Crippen LogP) is 4.40. The highest BCUT2D eigenvalue weighted by molar-refractivity contribution is 5.96. The first-order chi connectivity index (χ1) is 12.1. The van der Waals surface area contributed by atoms with Crippen molar-refractivity contribution in [2.24, 2.45) is 0 Å². The van der Waals surface area contributed by atoms with Crippen LogP contribution in [0.5, 0.6) is 5.75 Å². The summed E-state index contributed by atoms with van der Waals surface area (Å²) in [7, 11) is 0. The van der Waals surface area contributed by atoms with Gasteiger partial charge in [-0.3, -0.25) is 4.79 Å². The number of carbonyl (C=O) groups excluding carboxylic acids is 1. The van der Waals surface area contributed by atoms with E-state index in [1.165, 1.54) is 12.1 Å². The third-order valence-electron chi connectivity index (χ3n) is 4.03. The van der Waals surface area contributed by atoms with Crippen LogP contribution in [-0.2, 0) is 0 Å². The van der Waals surface area contributed by atoms with Gasteiger partial charge >= 0.3 is 0 Å². The molecule has 3 rings (SSSR count). The van der Waals surface area contributed by atoms with Gasteiger partial charge in [-0.2, -0.15) is 0 Å². The van der Waals surface area contributed by atoms with Crippen LogP contribution in [-0.4, -0.2) is 10.9 Å². The number of hydrogen-bond donors (Lipinski definition) is 3. The summed E-state index contributed by atoms with van der Waals surface area (Å²) >= 11 is 0. The molecule has 0 saturated carbocycles. The average molecular weight is 332 g/mol. The molecule has 126 valence electrons. The zero-order valence-corrected chi connectivity index (χ0v) is 13.7. The summed E-state index contributed by atoms with van der Waals surface area (Å²) in [6.45, 7) is 0. The minimum Gasteiger partial charge on any atom is -0.508 e. The number of rotatable bonds is 6. The van der Waals surface area contributed by atoms with E-state index in [0.29, 0.717) is 17.7 Å². The summed E-state index contributed by atoms with van der Waals surface area (Å²) < 4.78 is 0. The van der Waals surface area contributed by atoms with E-state index in [9.17, 15) is 9.90 Å². The Kier molecular flexibility index (Phi) is 5.00. The molecule has 0 aliphatic heterocycles. The quantitative estimate of drug-likeness (QED) is 0.462. The molecule has 4 heteroatoms. The molecule has 0 radical (unpaired) electrons. The molecule has 0 fully saturated rings. The van der Waals surface area contributed by atoms with E-state index in [4.69, 9.17) is 5.73 Å². The minimum atomic E-state index is -0.161. The number of hydrogen-bond acceptors (Lipinski definition) is 4. The van der Waals surface area contributed by atoms with Crippen LogP contribution >= 0.6 is 0 Å². The highest BCUT2D eigenvalue weighted by atomic mass is 16.3. The standard InChI is InChI=1S/C21H20N2O2/c22-17-8-10-18(11-9-17)23-20(15-4-2-1-3-5-15)14-21(25)16-6-12-19(24)13-7-16/h1-13,20,23-24H,14,22H2. The highest BCUT2D eigenvalue weighted by Crippen LogP contribution is 2.25. The Morgan fingerprint density at radius 1 is 0.920 bits per heavy atom. The molecular formula is C21H20N2O2. The zero-order chi connectivity index (χ0) is 17.6. The van der Waals surface area contributed by atoms with Gasteiger partial charge in [0.15, 0.2) is 5.78 Å². The Morgan fingerprint density at radius 2 is 1.56 bits per heavy atom. The van der Waals surface area contributed by atoms with Gasteiger partial charge < -0.3 is 16.2 Å². The zero-order valence-electron chi connectivity index (χ0n) is 13.7. The second-order valence-corrected chi connectivity index (χ2v) is 5.90. The first kappa shape index (κ1) is 16.6. The Hall–Kier alpha value is -3.27. The van der Waals surface area contributed by atoms with Gasteiger partial charge in [0.2, 0.25) is 0 Å². The number of nitrogens with one attached hydrogen (secondary N) is 1. The Balaban J connectivity index is 1.82. The molecule has 0 bridgehead atoms. The van der Waals surface area contributed by atoms with Crippen molar-refractivity contribution in [2.75, 3.05) is 11.1 Å². The molecule has 0 aliphatic carbocycles. The Labute approximate surface area is 146 Å². The summed E-state index contributed by atoms with van der Waals surface area (Å²) in [6.07, 6.45) is 0.305. The third-order valence-corrected chi connectivity index (χ3v) is 4.03. The maximum atomic E-state index is 12.6. The summed E-state index contributed by atoms with van der Waals surface area (Å²) in [6, 6.07) is 23.5. The normalized spacial score (nSPS) is 11.7. The second kappa shape index (κ2) is 7.53. The molecule has 4 N–H and O–H groups in total. The van der Waals surface area contributed by atoms with E-state index in [2.05, 4.69) is 5.32 Å². The van der Waals surface area contributed by atoms with Gasteiger partial charge in [-0.1, -0.05) is 30.3 Å². The van der Waals surface area contributed by atoms with Crippen molar-refractivity contribution >= 4 is 17.2 Å². The predicted molar refractivity (Wildman–Crippen MR) is 101 cm³/mol. The van der Waals surface area contributed by atoms with Gasteiger partial charge in [0.05, 0.1) is 6.04 Å². The van der Waals surface area contributed by atoms with E-state index in [1.54, 1.807) is 12.1 Å². The first-order valence-corrected chi connectivity index (χ1v) is 8.11. The molecule has 3 aromatic carbocycles. The highest BCUT2D eigenvalue weighted by Gasteiger charge is 2.17. The molecule has 0 aromatic heterocycles. The minimum absolute atomic E-state index is 0.0109. The van der Waals surface area contributed by atoms with Crippen molar-refractivity contribution in [1.29, 1.82) is 0 Å². The molecule has 3 aromatic rings. The molecule has 0 saturated heterocycles. The van der Waals surface area contributed by atoms with Gasteiger partial charge in [0.1, 0.15) is 5.75 Å². The molecule has 0 aliphatic rings. The molecule has 25 heavy (non-hydrogen) atoms. The number of benzene rings is 3. The summed E-state index contributed by atoms with van der Waals surface area (Å²) in [5.41, 5.74) is 8.95. The van der Waals surface area contributed by atoms with Crippen molar-refractivity contribution in [3.63, 3.8) is 0 Å². The van der Waals surface area contributed by atoms with Crippen molar-refractivity contribution in [2.45, 2.75) is 12.5 Å². The van der Waals surface area contributed by atoms with Gasteiger partial charge in [-0.15, -0.1) is 0 Å². The largest absolute Gasteiger partial charge is 0.508 e. The van der Waals surface area contributed by atoms with Crippen molar-refractivity contribution in [1.82, 2.24) is 0 Å². The lowest BCUT2D eigenvalue weighted by Gasteiger charge is -2.20. The lowest BCUT2D eigenvalue weighted by Crippen LogP contribution is -2.15. The monoisotopic (exact) mass is 332 g/mol. The maximum absolute atomic E-state index is 12.6. The van der Waals surface area contributed by atoms with Gasteiger partial charge in [-0.05, 0) is 54.1 Å². The van der Waals surface area contributed by atoms with E-state index in [0.717, 1.165) is 11.3 Å². The third kappa shape index (κ3) is 4.38. The number of Topliss-reactive ketones (excluding diaryl/α,β-unsaturated/α-hetero) is 1.